The van der Waals surface area contributed by atoms with Crippen LogP contribution in [0.5, 0.6) is 0 Å². The molecule has 0 aromatic heterocycles. The lowest BCUT2D eigenvalue weighted by Crippen LogP contribution is -2.46. The number of hydrogen-bond donors (Lipinski definition) is 0. The van der Waals surface area contributed by atoms with Crippen molar-refractivity contribution in [2.24, 2.45) is 0 Å². The Balaban J connectivity index is 2.95. The Kier molecular flexibility index (Phi) is 10.2. The molecule has 1 rings (SSSR count). The standard InChI is InChI=1S/C22H34O4/c1-6-7-8-9-10-14-17-20(26-21(23)18(2)3)22(24-4,25-5)19-15-12-11-13-16-19/h11-13,15-16,20H,2,6-10,14,17H2,1,3-5H3. The van der Waals surface area contributed by atoms with Crippen molar-refractivity contribution in [2.45, 2.75) is 70.7 Å². The third-order valence-corrected chi connectivity index (χ3v) is 4.62. The Labute approximate surface area is 158 Å². The van der Waals surface area contributed by atoms with E-state index in [-0.39, 0.29) is 0 Å². The highest BCUT2D eigenvalue weighted by atomic mass is 16.7. The second-order valence-electron chi connectivity index (χ2n) is 6.67. The molecule has 0 heterocycles. The van der Waals surface area contributed by atoms with Gasteiger partial charge >= 0.3 is 5.97 Å². The molecule has 0 radical (unpaired) electrons. The van der Waals surface area contributed by atoms with Gasteiger partial charge in [0.25, 0.3) is 0 Å². The van der Waals surface area contributed by atoms with E-state index < -0.39 is 17.9 Å². The van der Waals surface area contributed by atoms with Gasteiger partial charge in [-0.3, -0.25) is 0 Å². The summed E-state index contributed by atoms with van der Waals surface area (Å²) in [6.07, 6.45) is 7.08. The van der Waals surface area contributed by atoms with Crippen molar-refractivity contribution in [1.82, 2.24) is 0 Å². The van der Waals surface area contributed by atoms with Crippen LogP contribution in [-0.2, 0) is 24.8 Å². The van der Waals surface area contributed by atoms with Crippen LogP contribution in [0, 0.1) is 0 Å². The maximum atomic E-state index is 12.2. The highest BCUT2D eigenvalue weighted by Crippen LogP contribution is 2.35. The van der Waals surface area contributed by atoms with Crippen molar-refractivity contribution >= 4 is 5.97 Å². The lowest BCUT2D eigenvalue weighted by molar-refractivity contribution is -0.274. The molecule has 0 aliphatic heterocycles. The lowest BCUT2D eigenvalue weighted by Gasteiger charge is -2.38. The molecule has 0 spiro atoms. The van der Waals surface area contributed by atoms with Crippen LogP contribution >= 0.6 is 0 Å². The number of methoxy groups -OCH3 is 2. The van der Waals surface area contributed by atoms with Gasteiger partial charge in [0.1, 0.15) is 0 Å². The molecule has 1 atom stereocenters. The van der Waals surface area contributed by atoms with Crippen LogP contribution in [-0.4, -0.2) is 26.3 Å². The fraction of sp³-hybridized carbons (Fsp3) is 0.591. The first-order valence-corrected chi connectivity index (χ1v) is 9.54. The van der Waals surface area contributed by atoms with Gasteiger partial charge in [-0.05, 0) is 19.8 Å². The summed E-state index contributed by atoms with van der Waals surface area (Å²) >= 11 is 0. The number of benzene rings is 1. The summed E-state index contributed by atoms with van der Waals surface area (Å²) in [5.74, 6) is -1.55. The lowest BCUT2D eigenvalue weighted by atomic mass is 9.94. The molecule has 4 heteroatoms. The predicted molar refractivity (Wildman–Crippen MR) is 105 cm³/mol. The van der Waals surface area contributed by atoms with Gasteiger partial charge in [-0.2, -0.15) is 0 Å². The third-order valence-electron chi connectivity index (χ3n) is 4.62. The van der Waals surface area contributed by atoms with Crippen molar-refractivity contribution < 1.29 is 19.0 Å². The van der Waals surface area contributed by atoms with E-state index in [1.165, 1.54) is 25.7 Å². The van der Waals surface area contributed by atoms with Crippen LogP contribution in [0.25, 0.3) is 0 Å². The highest BCUT2D eigenvalue weighted by Gasteiger charge is 2.43. The number of ether oxygens (including phenoxy) is 3. The molecule has 0 saturated carbocycles. The summed E-state index contributed by atoms with van der Waals surface area (Å²) in [7, 11) is 3.17. The zero-order valence-corrected chi connectivity index (χ0v) is 16.8. The van der Waals surface area contributed by atoms with Crippen molar-refractivity contribution in [2.75, 3.05) is 14.2 Å². The Hall–Kier alpha value is -1.65. The minimum absolute atomic E-state index is 0.368. The van der Waals surface area contributed by atoms with Crippen LogP contribution < -0.4 is 0 Å². The van der Waals surface area contributed by atoms with Crippen molar-refractivity contribution in [1.29, 1.82) is 0 Å². The topological polar surface area (TPSA) is 44.8 Å². The van der Waals surface area contributed by atoms with E-state index in [2.05, 4.69) is 13.5 Å². The van der Waals surface area contributed by atoms with Gasteiger partial charge in [0.2, 0.25) is 5.79 Å². The van der Waals surface area contributed by atoms with Crippen LogP contribution in [0.15, 0.2) is 42.5 Å². The number of esters is 1. The van der Waals surface area contributed by atoms with Crippen molar-refractivity contribution in [3.05, 3.63) is 48.0 Å². The molecule has 0 aliphatic carbocycles. The Morgan fingerprint density at radius 2 is 1.62 bits per heavy atom. The second-order valence-corrected chi connectivity index (χ2v) is 6.67. The molecule has 0 aliphatic rings. The number of rotatable bonds is 13. The molecular formula is C22H34O4. The number of unbranched alkanes of at least 4 members (excludes halogenated alkanes) is 5. The van der Waals surface area contributed by atoms with Gasteiger partial charge < -0.3 is 14.2 Å². The molecule has 1 aromatic carbocycles. The molecule has 146 valence electrons. The smallest absolute Gasteiger partial charge is 0.333 e. The number of hydrogen-bond acceptors (Lipinski definition) is 4. The molecule has 0 saturated heterocycles. The first-order chi connectivity index (χ1) is 12.5. The first kappa shape index (κ1) is 22.4. The second kappa shape index (κ2) is 11.9. The highest BCUT2D eigenvalue weighted by molar-refractivity contribution is 5.87. The molecule has 0 N–H and O–H groups in total. The number of carbonyl (C=O) groups excluding carboxylic acids is 1. The Morgan fingerprint density at radius 3 is 2.15 bits per heavy atom. The predicted octanol–water partition coefficient (Wildman–Crippen LogP) is 5.37. The Bertz CT molecular complexity index is 534. The molecule has 0 amide bonds. The van der Waals surface area contributed by atoms with Crippen LogP contribution in [0.1, 0.15) is 64.4 Å². The van der Waals surface area contributed by atoms with E-state index in [0.29, 0.717) is 12.0 Å². The van der Waals surface area contributed by atoms with E-state index in [9.17, 15) is 4.79 Å². The van der Waals surface area contributed by atoms with E-state index in [4.69, 9.17) is 14.2 Å². The molecule has 26 heavy (non-hydrogen) atoms. The van der Waals surface area contributed by atoms with Crippen LogP contribution in [0.2, 0.25) is 0 Å². The minimum atomic E-state index is -1.13. The van der Waals surface area contributed by atoms with E-state index in [1.807, 2.05) is 30.3 Å². The van der Waals surface area contributed by atoms with Crippen LogP contribution in [0.4, 0.5) is 0 Å². The summed E-state index contributed by atoms with van der Waals surface area (Å²) < 4.78 is 17.3. The Morgan fingerprint density at radius 1 is 1.04 bits per heavy atom. The molecule has 1 aromatic rings. The van der Waals surface area contributed by atoms with Crippen LogP contribution in [0.3, 0.4) is 0 Å². The monoisotopic (exact) mass is 362 g/mol. The SMILES string of the molecule is C=C(C)C(=O)OC(CCCCCCCC)C(OC)(OC)c1ccccc1. The summed E-state index contributed by atoms with van der Waals surface area (Å²) in [6, 6.07) is 9.63. The molecule has 0 bridgehead atoms. The first-order valence-electron chi connectivity index (χ1n) is 9.54. The maximum absolute atomic E-state index is 12.2. The zero-order valence-electron chi connectivity index (χ0n) is 16.8. The van der Waals surface area contributed by atoms with Gasteiger partial charge in [-0.1, -0.05) is 75.9 Å². The summed E-state index contributed by atoms with van der Waals surface area (Å²) in [5.41, 5.74) is 1.20. The van der Waals surface area contributed by atoms with Gasteiger partial charge in [0.05, 0.1) is 0 Å². The quantitative estimate of drug-likeness (QED) is 0.205. The maximum Gasteiger partial charge on any atom is 0.333 e. The molecule has 4 nitrogen and oxygen atoms in total. The normalized spacial score (nSPS) is 12.6. The summed E-state index contributed by atoms with van der Waals surface area (Å²) in [5, 5.41) is 0. The summed E-state index contributed by atoms with van der Waals surface area (Å²) in [6.45, 7) is 7.54. The third kappa shape index (κ3) is 6.26. The fourth-order valence-electron chi connectivity index (χ4n) is 3.10. The fourth-order valence-corrected chi connectivity index (χ4v) is 3.10. The van der Waals surface area contributed by atoms with Gasteiger partial charge in [0.15, 0.2) is 6.10 Å². The average Bonchev–Trinajstić information content (AvgIpc) is 2.66. The molecule has 0 fully saturated rings. The minimum Gasteiger partial charge on any atom is -0.453 e. The molecule has 1 unspecified atom stereocenters. The van der Waals surface area contributed by atoms with E-state index in [1.54, 1.807) is 21.1 Å². The summed E-state index contributed by atoms with van der Waals surface area (Å²) in [4.78, 5) is 12.2. The van der Waals surface area contributed by atoms with E-state index >= 15 is 0 Å². The van der Waals surface area contributed by atoms with Gasteiger partial charge in [-0.15, -0.1) is 0 Å². The van der Waals surface area contributed by atoms with Gasteiger partial charge in [0, 0.05) is 25.4 Å². The largest absolute Gasteiger partial charge is 0.453 e. The molecular weight excluding hydrogens is 328 g/mol. The van der Waals surface area contributed by atoms with Gasteiger partial charge in [-0.25, -0.2) is 4.79 Å². The van der Waals surface area contributed by atoms with Crippen molar-refractivity contribution in [3.63, 3.8) is 0 Å². The number of carbonyl (C=O) groups is 1. The van der Waals surface area contributed by atoms with E-state index in [0.717, 1.165) is 18.4 Å². The van der Waals surface area contributed by atoms with Crippen molar-refractivity contribution in [3.8, 4) is 0 Å². The zero-order chi connectivity index (χ0) is 19.4. The average molecular weight is 363 g/mol.